The first-order chi connectivity index (χ1) is 14.8. The summed E-state index contributed by atoms with van der Waals surface area (Å²) in [5, 5.41) is 2.91. The molecule has 1 unspecified atom stereocenters. The van der Waals surface area contributed by atoms with Crippen LogP contribution in [0.15, 0.2) is 77.8 Å². The average Bonchev–Trinajstić information content (AvgIpc) is 2.78. The van der Waals surface area contributed by atoms with E-state index in [1.54, 1.807) is 24.3 Å². The Bertz CT molecular complexity index is 1130. The second-order valence-electron chi connectivity index (χ2n) is 7.21. The fourth-order valence-electron chi connectivity index (χ4n) is 2.86. The van der Waals surface area contributed by atoms with Crippen molar-refractivity contribution >= 4 is 15.9 Å². The maximum Gasteiger partial charge on any atom is 0.252 e. The molecule has 2 aromatic carbocycles. The molecule has 0 saturated carbocycles. The van der Waals surface area contributed by atoms with Gasteiger partial charge in [-0.3, -0.25) is 4.79 Å². The molecule has 8 heteroatoms. The minimum Gasteiger partial charge on any atom is -0.473 e. The highest BCUT2D eigenvalue weighted by atomic mass is 32.2. The number of aromatic nitrogens is 1. The molecule has 0 fully saturated rings. The predicted molar refractivity (Wildman–Crippen MR) is 118 cm³/mol. The monoisotopic (exact) mass is 439 g/mol. The van der Waals surface area contributed by atoms with Gasteiger partial charge in [0.2, 0.25) is 15.9 Å². The van der Waals surface area contributed by atoms with Gasteiger partial charge in [0, 0.05) is 31.9 Å². The van der Waals surface area contributed by atoms with Crippen LogP contribution in [-0.2, 0) is 16.6 Å². The Hall–Kier alpha value is -3.23. The summed E-state index contributed by atoms with van der Waals surface area (Å²) in [6.45, 7) is 2.19. The molecule has 0 radical (unpaired) electrons. The lowest BCUT2D eigenvalue weighted by molar-refractivity contribution is 0.0939. The van der Waals surface area contributed by atoms with E-state index in [4.69, 9.17) is 4.74 Å². The van der Waals surface area contributed by atoms with Gasteiger partial charge in [0.25, 0.3) is 5.91 Å². The minimum absolute atomic E-state index is 0.203. The van der Waals surface area contributed by atoms with E-state index in [1.807, 2.05) is 37.3 Å². The molecule has 1 N–H and O–H groups in total. The molecule has 1 aromatic heterocycles. The lowest BCUT2D eigenvalue weighted by Crippen LogP contribution is -2.27. The van der Waals surface area contributed by atoms with E-state index in [2.05, 4.69) is 10.3 Å². The highest BCUT2D eigenvalue weighted by molar-refractivity contribution is 7.89. The van der Waals surface area contributed by atoms with Crippen LogP contribution in [0.1, 0.15) is 34.5 Å². The number of nitrogens with zero attached hydrogens (tertiary/aromatic N) is 2. The summed E-state index contributed by atoms with van der Waals surface area (Å²) < 4.78 is 31.2. The Balaban J connectivity index is 1.64. The fourth-order valence-corrected chi connectivity index (χ4v) is 3.77. The number of benzene rings is 2. The number of rotatable bonds is 8. The van der Waals surface area contributed by atoms with Crippen LogP contribution in [0, 0.1) is 0 Å². The van der Waals surface area contributed by atoms with Gasteiger partial charge < -0.3 is 10.1 Å². The standard InChI is InChI=1S/C23H25N3O4S/c1-17(19-9-11-21(12-10-19)31(28,29)26(2)3)25-23(27)20-13-14-24-22(15-20)30-16-18-7-5-4-6-8-18/h4-15,17H,16H2,1-3H3,(H,25,27). The quantitative estimate of drug-likeness (QED) is 0.581. The number of hydrogen-bond acceptors (Lipinski definition) is 5. The number of nitrogens with one attached hydrogen (secondary N) is 1. The summed E-state index contributed by atoms with van der Waals surface area (Å²) in [5.74, 6) is 0.0897. The van der Waals surface area contributed by atoms with Gasteiger partial charge in [-0.25, -0.2) is 17.7 Å². The van der Waals surface area contributed by atoms with Gasteiger partial charge in [-0.15, -0.1) is 0 Å². The van der Waals surface area contributed by atoms with Gasteiger partial charge >= 0.3 is 0 Å². The number of ether oxygens (including phenoxy) is 1. The number of carbonyl (C=O) groups is 1. The summed E-state index contributed by atoms with van der Waals surface area (Å²) >= 11 is 0. The van der Waals surface area contributed by atoms with Crippen molar-refractivity contribution in [3.8, 4) is 5.88 Å². The van der Waals surface area contributed by atoms with E-state index in [0.29, 0.717) is 18.1 Å². The second kappa shape index (κ2) is 9.72. The van der Waals surface area contributed by atoms with Gasteiger partial charge in [-0.2, -0.15) is 0 Å². The Morgan fingerprint density at radius 1 is 1.06 bits per heavy atom. The first kappa shape index (κ1) is 22.5. The largest absolute Gasteiger partial charge is 0.473 e. The van der Waals surface area contributed by atoms with Crippen LogP contribution in [0.25, 0.3) is 0 Å². The molecule has 0 aliphatic heterocycles. The molecule has 1 amide bonds. The smallest absolute Gasteiger partial charge is 0.252 e. The minimum atomic E-state index is -3.49. The number of amides is 1. The van der Waals surface area contributed by atoms with E-state index < -0.39 is 10.0 Å². The van der Waals surface area contributed by atoms with Crippen LogP contribution < -0.4 is 10.1 Å². The van der Waals surface area contributed by atoms with Gasteiger partial charge in [-0.05, 0) is 36.2 Å². The molecule has 162 valence electrons. The predicted octanol–water partition coefficient (Wildman–Crippen LogP) is 3.40. The number of pyridine rings is 1. The normalized spacial score (nSPS) is 12.4. The van der Waals surface area contributed by atoms with Crippen LogP contribution in [0.5, 0.6) is 5.88 Å². The third-order valence-corrected chi connectivity index (χ3v) is 6.56. The first-order valence-corrected chi connectivity index (χ1v) is 11.2. The lowest BCUT2D eigenvalue weighted by Gasteiger charge is -2.16. The van der Waals surface area contributed by atoms with E-state index >= 15 is 0 Å². The molecule has 1 atom stereocenters. The van der Waals surface area contributed by atoms with Gasteiger partial charge in [-0.1, -0.05) is 42.5 Å². The summed E-state index contributed by atoms with van der Waals surface area (Å²) in [6.07, 6.45) is 1.53. The third-order valence-electron chi connectivity index (χ3n) is 4.73. The van der Waals surface area contributed by atoms with E-state index in [0.717, 1.165) is 15.4 Å². The molecule has 0 aliphatic carbocycles. The maximum atomic E-state index is 12.7. The number of sulfonamides is 1. The molecular weight excluding hydrogens is 414 g/mol. The zero-order valence-electron chi connectivity index (χ0n) is 17.6. The van der Waals surface area contributed by atoms with E-state index in [-0.39, 0.29) is 16.8 Å². The third kappa shape index (κ3) is 5.68. The molecule has 3 rings (SSSR count). The summed E-state index contributed by atoms with van der Waals surface area (Å²) in [7, 11) is -0.521. The molecule has 0 bridgehead atoms. The van der Waals surface area contributed by atoms with E-state index in [1.165, 1.54) is 32.4 Å². The van der Waals surface area contributed by atoms with Crippen LogP contribution in [0.4, 0.5) is 0 Å². The van der Waals surface area contributed by atoms with Gasteiger partial charge in [0.05, 0.1) is 10.9 Å². The molecule has 0 saturated heterocycles. The average molecular weight is 440 g/mol. The van der Waals surface area contributed by atoms with Crippen LogP contribution >= 0.6 is 0 Å². The molecule has 7 nitrogen and oxygen atoms in total. The molecule has 1 heterocycles. The zero-order chi connectivity index (χ0) is 22.4. The molecule has 3 aromatic rings. The summed E-state index contributed by atoms with van der Waals surface area (Å²) in [4.78, 5) is 17.0. The highest BCUT2D eigenvalue weighted by Gasteiger charge is 2.18. The Kier molecular flexibility index (Phi) is 7.04. The van der Waals surface area contributed by atoms with Crippen molar-refractivity contribution in [2.45, 2.75) is 24.5 Å². The first-order valence-electron chi connectivity index (χ1n) is 9.73. The lowest BCUT2D eigenvalue weighted by atomic mass is 10.1. The molecule has 0 spiro atoms. The topological polar surface area (TPSA) is 88.6 Å². The Labute approximate surface area is 182 Å². The Morgan fingerprint density at radius 3 is 2.39 bits per heavy atom. The Morgan fingerprint density at radius 2 is 1.74 bits per heavy atom. The van der Waals surface area contributed by atoms with Crippen molar-refractivity contribution < 1.29 is 17.9 Å². The van der Waals surface area contributed by atoms with Crippen molar-refractivity contribution in [1.82, 2.24) is 14.6 Å². The van der Waals surface area contributed by atoms with Crippen molar-refractivity contribution in [2.75, 3.05) is 14.1 Å². The van der Waals surface area contributed by atoms with Crippen LogP contribution in [-0.4, -0.2) is 37.7 Å². The fraction of sp³-hybridized carbons (Fsp3) is 0.217. The van der Waals surface area contributed by atoms with Gasteiger partial charge in [0.1, 0.15) is 6.61 Å². The zero-order valence-corrected chi connectivity index (χ0v) is 18.5. The van der Waals surface area contributed by atoms with Crippen molar-refractivity contribution in [3.63, 3.8) is 0 Å². The number of hydrogen-bond donors (Lipinski definition) is 1. The van der Waals surface area contributed by atoms with Crippen molar-refractivity contribution in [2.24, 2.45) is 0 Å². The number of carbonyl (C=O) groups excluding carboxylic acids is 1. The van der Waals surface area contributed by atoms with Crippen molar-refractivity contribution in [3.05, 3.63) is 89.6 Å². The summed E-state index contributed by atoms with van der Waals surface area (Å²) in [5.41, 5.74) is 2.23. The second-order valence-corrected chi connectivity index (χ2v) is 9.36. The molecule has 0 aliphatic rings. The SMILES string of the molecule is CC(NC(=O)c1ccnc(OCc2ccccc2)c1)c1ccc(S(=O)(=O)N(C)C)cc1. The molecule has 31 heavy (non-hydrogen) atoms. The molecular formula is C23H25N3O4S. The highest BCUT2D eigenvalue weighted by Crippen LogP contribution is 2.19. The maximum absolute atomic E-state index is 12.7. The van der Waals surface area contributed by atoms with Crippen molar-refractivity contribution in [1.29, 1.82) is 0 Å². The summed E-state index contributed by atoms with van der Waals surface area (Å²) in [6, 6.07) is 19.1. The van der Waals surface area contributed by atoms with Gasteiger partial charge in [0.15, 0.2) is 0 Å². The van der Waals surface area contributed by atoms with Crippen LogP contribution in [0.3, 0.4) is 0 Å². The van der Waals surface area contributed by atoms with E-state index in [9.17, 15) is 13.2 Å². The van der Waals surface area contributed by atoms with Crippen LogP contribution in [0.2, 0.25) is 0 Å².